The zero-order valence-corrected chi connectivity index (χ0v) is 11.1. The minimum Gasteiger partial charge on any atom is -0.393 e. The molecule has 2 atom stereocenters. The number of aryl methyl sites for hydroxylation is 1. The third-order valence-corrected chi connectivity index (χ3v) is 3.70. The van der Waals surface area contributed by atoms with E-state index in [4.69, 9.17) is 5.73 Å². The maximum Gasteiger partial charge on any atom is 0.134 e. The summed E-state index contributed by atoms with van der Waals surface area (Å²) >= 11 is 0. The van der Waals surface area contributed by atoms with Gasteiger partial charge in [-0.25, -0.2) is 9.97 Å². The van der Waals surface area contributed by atoms with Crippen molar-refractivity contribution in [3.63, 3.8) is 0 Å². The highest BCUT2D eigenvalue weighted by atomic mass is 16.3. The van der Waals surface area contributed by atoms with E-state index in [1.807, 2.05) is 13.8 Å². The lowest BCUT2D eigenvalue weighted by molar-refractivity contribution is 0.138. The topological polar surface area (TPSA) is 84.1 Å². The average molecular weight is 250 g/mol. The predicted octanol–water partition coefficient (Wildman–Crippen LogP) is 1.50. The lowest BCUT2D eigenvalue weighted by atomic mass is 10.1. The van der Waals surface area contributed by atoms with Gasteiger partial charge in [0.1, 0.15) is 17.5 Å². The Morgan fingerprint density at radius 3 is 2.78 bits per heavy atom. The largest absolute Gasteiger partial charge is 0.393 e. The van der Waals surface area contributed by atoms with Crippen molar-refractivity contribution in [2.24, 2.45) is 5.92 Å². The number of nitrogens with two attached hydrogens (primary N) is 1. The summed E-state index contributed by atoms with van der Waals surface area (Å²) in [5.74, 6) is 2.42. The molecule has 0 spiro atoms. The van der Waals surface area contributed by atoms with Gasteiger partial charge in [-0.15, -0.1) is 0 Å². The summed E-state index contributed by atoms with van der Waals surface area (Å²) in [6, 6.07) is 0. The summed E-state index contributed by atoms with van der Waals surface area (Å²) in [6.45, 7) is 4.68. The first-order valence-corrected chi connectivity index (χ1v) is 6.66. The van der Waals surface area contributed by atoms with Gasteiger partial charge >= 0.3 is 0 Å². The minimum atomic E-state index is -0.178. The van der Waals surface area contributed by atoms with Gasteiger partial charge in [0.15, 0.2) is 0 Å². The lowest BCUT2D eigenvalue weighted by Gasteiger charge is -2.17. The zero-order chi connectivity index (χ0) is 13.1. The molecule has 1 heterocycles. The number of aliphatic hydroxyl groups excluding tert-OH is 1. The lowest BCUT2D eigenvalue weighted by Crippen LogP contribution is -2.23. The zero-order valence-electron chi connectivity index (χ0n) is 11.1. The Hall–Kier alpha value is -1.36. The minimum absolute atomic E-state index is 0.178. The van der Waals surface area contributed by atoms with Gasteiger partial charge in [0.05, 0.1) is 6.10 Å². The summed E-state index contributed by atoms with van der Waals surface area (Å²) in [7, 11) is 0. The number of nitrogens with one attached hydrogen (secondary N) is 1. The normalized spacial score (nSPS) is 23.3. The molecule has 0 radical (unpaired) electrons. The van der Waals surface area contributed by atoms with Crippen molar-refractivity contribution in [2.45, 2.75) is 45.6 Å². The van der Waals surface area contributed by atoms with Crippen LogP contribution >= 0.6 is 0 Å². The maximum atomic E-state index is 9.79. The Morgan fingerprint density at radius 1 is 1.39 bits per heavy atom. The van der Waals surface area contributed by atoms with Gasteiger partial charge in [0.2, 0.25) is 0 Å². The van der Waals surface area contributed by atoms with Crippen molar-refractivity contribution in [3.05, 3.63) is 11.4 Å². The van der Waals surface area contributed by atoms with E-state index in [0.717, 1.165) is 49.4 Å². The van der Waals surface area contributed by atoms with Crippen LogP contribution in [0.15, 0.2) is 0 Å². The first kappa shape index (κ1) is 13.1. The van der Waals surface area contributed by atoms with Crippen LogP contribution in [0.1, 0.15) is 37.6 Å². The number of nitrogens with zero attached hydrogens (tertiary/aromatic N) is 2. The molecule has 1 saturated carbocycles. The standard InChI is InChI=1S/C13H22N4O/c1-3-11-16-12(14)8(2)13(17-11)15-7-9-5-4-6-10(9)18/h9-10,18H,3-7H2,1-2H3,(H3,14,15,16,17). The molecule has 18 heavy (non-hydrogen) atoms. The van der Waals surface area contributed by atoms with Gasteiger partial charge < -0.3 is 16.2 Å². The highest BCUT2D eigenvalue weighted by Crippen LogP contribution is 2.26. The summed E-state index contributed by atoms with van der Waals surface area (Å²) in [6.07, 6.45) is 3.69. The monoisotopic (exact) mass is 250 g/mol. The van der Waals surface area contributed by atoms with E-state index in [2.05, 4.69) is 15.3 Å². The van der Waals surface area contributed by atoms with Crippen LogP contribution < -0.4 is 11.1 Å². The molecule has 0 amide bonds. The van der Waals surface area contributed by atoms with E-state index >= 15 is 0 Å². The smallest absolute Gasteiger partial charge is 0.134 e. The fraction of sp³-hybridized carbons (Fsp3) is 0.692. The van der Waals surface area contributed by atoms with Gasteiger partial charge in [-0.2, -0.15) is 0 Å². The average Bonchev–Trinajstić information content (AvgIpc) is 2.76. The van der Waals surface area contributed by atoms with E-state index in [1.54, 1.807) is 0 Å². The second kappa shape index (κ2) is 5.52. The van der Waals surface area contributed by atoms with Crippen LogP contribution in [0.25, 0.3) is 0 Å². The first-order chi connectivity index (χ1) is 8.61. The number of anilines is 2. The number of rotatable bonds is 4. The van der Waals surface area contributed by atoms with Crippen LogP contribution in [-0.2, 0) is 6.42 Å². The van der Waals surface area contributed by atoms with Crippen molar-refractivity contribution < 1.29 is 5.11 Å². The molecule has 1 fully saturated rings. The molecular formula is C13H22N4O. The fourth-order valence-electron chi connectivity index (χ4n) is 2.40. The molecule has 100 valence electrons. The third-order valence-electron chi connectivity index (χ3n) is 3.70. The second-order valence-corrected chi connectivity index (χ2v) is 4.99. The quantitative estimate of drug-likeness (QED) is 0.754. The highest BCUT2D eigenvalue weighted by molar-refractivity contribution is 5.54. The van der Waals surface area contributed by atoms with Crippen molar-refractivity contribution in [3.8, 4) is 0 Å². The highest BCUT2D eigenvalue weighted by Gasteiger charge is 2.25. The molecule has 1 aromatic heterocycles. The SMILES string of the molecule is CCc1nc(N)c(C)c(NCC2CCCC2O)n1. The van der Waals surface area contributed by atoms with Crippen LogP contribution in [0.2, 0.25) is 0 Å². The molecule has 4 N–H and O–H groups in total. The summed E-state index contributed by atoms with van der Waals surface area (Å²) in [5.41, 5.74) is 6.76. The third kappa shape index (κ3) is 2.72. The van der Waals surface area contributed by atoms with Crippen LogP contribution in [0.4, 0.5) is 11.6 Å². The Bertz CT molecular complexity index is 422. The van der Waals surface area contributed by atoms with Crippen molar-refractivity contribution >= 4 is 11.6 Å². The summed E-state index contributed by atoms with van der Waals surface area (Å²) in [5, 5.41) is 13.1. The van der Waals surface area contributed by atoms with Gasteiger partial charge in [-0.3, -0.25) is 0 Å². The van der Waals surface area contributed by atoms with Crippen molar-refractivity contribution in [2.75, 3.05) is 17.6 Å². The molecule has 0 saturated heterocycles. The van der Waals surface area contributed by atoms with E-state index < -0.39 is 0 Å². The van der Waals surface area contributed by atoms with Crippen LogP contribution in [0, 0.1) is 12.8 Å². The maximum absolute atomic E-state index is 9.79. The van der Waals surface area contributed by atoms with E-state index in [9.17, 15) is 5.11 Å². The van der Waals surface area contributed by atoms with E-state index in [-0.39, 0.29) is 6.10 Å². The molecule has 1 aromatic rings. The molecule has 2 rings (SSSR count). The van der Waals surface area contributed by atoms with Gasteiger partial charge in [-0.1, -0.05) is 13.3 Å². The summed E-state index contributed by atoms with van der Waals surface area (Å²) < 4.78 is 0. The van der Waals surface area contributed by atoms with Gasteiger partial charge in [-0.05, 0) is 19.8 Å². The molecule has 5 nitrogen and oxygen atoms in total. The Kier molecular flexibility index (Phi) is 4.01. The molecule has 0 aromatic carbocycles. The molecule has 0 aliphatic heterocycles. The van der Waals surface area contributed by atoms with E-state index in [0.29, 0.717) is 11.7 Å². The fourth-order valence-corrected chi connectivity index (χ4v) is 2.40. The van der Waals surface area contributed by atoms with Crippen LogP contribution in [0.5, 0.6) is 0 Å². The molecule has 1 aliphatic rings. The predicted molar refractivity (Wildman–Crippen MR) is 72.4 cm³/mol. The van der Waals surface area contributed by atoms with Crippen LogP contribution in [0.3, 0.4) is 0 Å². The van der Waals surface area contributed by atoms with Gasteiger partial charge in [0, 0.05) is 24.4 Å². The Balaban J connectivity index is 2.06. The molecular weight excluding hydrogens is 228 g/mol. The van der Waals surface area contributed by atoms with Crippen molar-refractivity contribution in [1.29, 1.82) is 0 Å². The summed E-state index contributed by atoms with van der Waals surface area (Å²) in [4.78, 5) is 8.68. The number of nitrogen functional groups attached to an aromatic ring is 1. The number of hydrogen-bond acceptors (Lipinski definition) is 5. The van der Waals surface area contributed by atoms with E-state index in [1.165, 1.54) is 0 Å². The molecule has 5 heteroatoms. The number of aromatic nitrogens is 2. The molecule has 0 bridgehead atoms. The molecule has 1 aliphatic carbocycles. The van der Waals surface area contributed by atoms with Crippen LogP contribution in [-0.4, -0.2) is 27.7 Å². The number of hydrogen-bond donors (Lipinski definition) is 3. The van der Waals surface area contributed by atoms with Gasteiger partial charge in [0.25, 0.3) is 0 Å². The number of aliphatic hydroxyl groups is 1. The Labute approximate surface area is 108 Å². The Morgan fingerprint density at radius 2 is 2.17 bits per heavy atom. The second-order valence-electron chi connectivity index (χ2n) is 4.99. The molecule has 2 unspecified atom stereocenters. The van der Waals surface area contributed by atoms with Crippen molar-refractivity contribution in [1.82, 2.24) is 9.97 Å². The first-order valence-electron chi connectivity index (χ1n) is 6.66.